The minimum Gasteiger partial charge on any atom is -0.145 e. The standard InChI is InChI=1S/C13H19N/c1-10-8-11(2)13(12(3)9-10)6-4-5-7-14/h8-9H,4-7H2,1-3H3. The van der Waals surface area contributed by atoms with Gasteiger partial charge in [-0.15, -0.1) is 5.73 Å². The lowest BCUT2D eigenvalue weighted by Gasteiger charge is -2.10. The van der Waals surface area contributed by atoms with Crippen LogP contribution in [0.4, 0.5) is 0 Å². The molecule has 1 aromatic carbocycles. The van der Waals surface area contributed by atoms with Gasteiger partial charge in [-0.05, 0) is 56.7 Å². The molecule has 0 aliphatic rings. The van der Waals surface area contributed by atoms with Gasteiger partial charge in [-0.1, -0.05) is 17.7 Å². The molecule has 0 N–H and O–H groups in total. The number of aryl methyl sites for hydroxylation is 3. The highest BCUT2D eigenvalue weighted by molar-refractivity contribution is 5.37. The second-order valence-electron chi connectivity index (χ2n) is 4.06. The van der Waals surface area contributed by atoms with E-state index >= 15 is 0 Å². The van der Waals surface area contributed by atoms with Gasteiger partial charge in [0.25, 0.3) is 0 Å². The molecule has 2 radical (unpaired) electrons. The average molecular weight is 189 g/mol. The third-order valence-corrected chi connectivity index (χ3v) is 2.68. The van der Waals surface area contributed by atoms with Crippen LogP contribution >= 0.6 is 0 Å². The van der Waals surface area contributed by atoms with Gasteiger partial charge < -0.3 is 0 Å². The van der Waals surface area contributed by atoms with E-state index in [2.05, 4.69) is 32.9 Å². The molecule has 0 unspecified atom stereocenters. The second kappa shape index (κ2) is 5.16. The summed E-state index contributed by atoms with van der Waals surface area (Å²) < 4.78 is 0. The number of hydrogen-bond acceptors (Lipinski definition) is 0. The van der Waals surface area contributed by atoms with E-state index in [0.717, 1.165) is 19.3 Å². The molecular weight excluding hydrogens is 170 g/mol. The molecule has 0 spiro atoms. The van der Waals surface area contributed by atoms with Gasteiger partial charge in [-0.2, -0.15) is 0 Å². The van der Waals surface area contributed by atoms with E-state index in [1.54, 1.807) is 0 Å². The summed E-state index contributed by atoms with van der Waals surface area (Å²) in [6, 6.07) is 4.47. The summed E-state index contributed by atoms with van der Waals surface area (Å²) in [6.45, 7) is 6.80. The highest BCUT2D eigenvalue weighted by Gasteiger charge is 2.02. The van der Waals surface area contributed by atoms with Gasteiger partial charge in [0.1, 0.15) is 0 Å². The maximum absolute atomic E-state index is 8.73. The van der Waals surface area contributed by atoms with Crippen molar-refractivity contribution in [3.63, 3.8) is 0 Å². The van der Waals surface area contributed by atoms with Crippen molar-refractivity contribution in [2.24, 2.45) is 0 Å². The quantitative estimate of drug-likeness (QED) is 0.650. The molecule has 0 aliphatic heterocycles. The van der Waals surface area contributed by atoms with Crippen molar-refractivity contribution >= 4 is 0 Å². The Morgan fingerprint density at radius 2 is 1.57 bits per heavy atom. The Hall–Kier alpha value is -0.820. The van der Waals surface area contributed by atoms with Crippen LogP contribution < -0.4 is 5.73 Å². The molecule has 0 saturated heterocycles. The number of hydrogen-bond donors (Lipinski definition) is 0. The first-order chi connectivity index (χ1) is 6.65. The molecule has 14 heavy (non-hydrogen) atoms. The van der Waals surface area contributed by atoms with Crippen LogP contribution in [0.25, 0.3) is 0 Å². The molecule has 0 amide bonds. The maximum Gasteiger partial charge on any atom is 0.0321 e. The summed E-state index contributed by atoms with van der Waals surface area (Å²) in [5, 5.41) is 0. The largest absolute Gasteiger partial charge is 0.145 e. The predicted octanol–water partition coefficient (Wildman–Crippen LogP) is 3.00. The van der Waals surface area contributed by atoms with Gasteiger partial charge in [0, 0.05) is 6.54 Å². The topological polar surface area (TPSA) is 22.3 Å². The Bertz CT molecular complexity index is 279. The third kappa shape index (κ3) is 2.85. The minimum absolute atomic E-state index is 0.309. The molecule has 1 heteroatoms. The van der Waals surface area contributed by atoms with Crippen molar-refractivity contribution in [2.75, 3.05) is 6.54 Å². The Kier molecular flexibility index (Phi) is 4.15. The fourth-order valence-corrected chi connectivity index (χ4v) is 2.02. The summed E-state index contributed by atoms with van der Waals surface area (Å²) in [5.41, 5.74) is 14.3. The van der Waals surface area contributed by atoms with Crippen LogP contribution in [0.5, 0.6) is 0 Å². The molecule has 76 valence electrons. The van der Waals surface area contributed by atoms with E-state index in [1.165, 1.54) is 22.3 Å². The molecule has 1 aromatic rings. The molecule has 0 fully saturated rings. The molecule has 0 atom stereocenters. The van der Waals surface area contributed by atoms with Crippen molar-refractivity contribution in [3.8, 4) is 0 Å². The minimum atomic E-state index is 0.309. The molecular formula is C13H19N. The first kappa shape index (κ1) is 11.3. The zero-order valence-corrected chi connectivity index (χ0v) is 9.43. The normalized spacial score (nSPS) is 10.6. The lowest BCUT2D eigenvalue weighted by molar-refractivity contribution is 0.730. The molecule has 0 aliphatic carbocycles. The van der Waals surface area contributed by atoms with Crippen LogP contribution in [-0.2, 0) is 6.42 Å². The molecule has 0 bridgehead atoms. The van der Waals surface area contributed by atoms with E-state index in [1.807, 2.05) is 0 Å². The van der Waals surface area contributed by atoms with E-state index in [4.69, 9.17) is 5.73 Å². The Morgan fingerprint density at radius 3 is 2.07 bits per heavy atom. The Morgan fingerprint density at radius 1 is 1.00 bits per heavy atom. The van der Waals surface area contributed by atoms with Crippen LogP contribution in [0.3, 0.4) is 0 Å². The van der Waals surface area contributed by atoms with Crippen LogP contribution in [-0.4, -0.2) is 6.54 Å². The van der Waals surface area contributed by atoms with Crippen LogP contribution in [0, 0.1) is 20.8 Å². The zero-order valence-electron chi connectivity index (χ0n) is 9.43. The number of rotatable bonds is 4. The predicted molar refractivity (Wildman–Crippen MR) is 60.6 cm³/mol. The van der Waals surface area contributed by atoms with E-state index < -0.39 is 0 Å². The molecule has 0 heterocycles. The molecule has 1 nitrogen and oxygen atoms in total. The number of nitrogens with zero attached hydrogens (tertiary/aromatic N) is 1. The van der Waals surface area contributed by atoms with Gasteiger partial charge in [0.2, 0.25) is 0 Å². The first-order valence-corrected chi connectivity index (χ1v) is 5.32. The van der Waals surface area contributed by atoms with Gasteiger partial charge >= 0.3 is 0 Å². The van der Waals surface area contributed by atoms with E-state index in [-0.39, 0.29) is 0 Å². The number of unbranched alkanes of at least 4 members (excludes halogenated alkanes) is 1. The molecule has 1 rings (SSSR count). The molecule has 0 saturated carbocycles. The highest BCUT2D eigenvalue weighted by atomic mass is 14.5. The lowest BCUT2D eigenvalue weighted by atomic mass is 9.96. The monoisotopic (exact) mass is 189 g/mol. The van der Waals surface area contributed by atoms with Gasteiger partial charge in [0.15, 0.2) is 0 Å². The lowest BCUT2D eigenvalue weighted by Crippen LogP contribution is -1.96. The van der Waals surface area contributed by atoms with Crippen molar-refractivity contribution in [2.45, 2.75) is 40.0 Å². The van der Waals surface area contributed by atoms with Crippen molar-refractivity contribution in [1.82, 2.24) is 5.73 Å². The smallest absolute Gasteiger partial charge is 0.0321 e. The summed E-state index contributed by atoms with van der Waals surface area (Å²) in [6.07, 6.45) is 3.09. The Labute approximate surface area is 87.3 Å². The van der Waals surface area contributed by atoms with E-state index in [0.29, 0.717) is 6.54 Å². The second-order valence-corrected chi connectivity index (χ2v) is 4.06. The van der Waals surface area contributed by atoms with Gasteiger partial charge in [0.05, 0.1) is 0 Å². The van der Waals surface area contributed by atoms with E-state index in [9.17, 15) is 0 Å². The average Bonchev–Trinajstić information content (AvgIpc) is 2.09. The van der Waals surface area contributed by atoms with Crippen LogP contribution in [0.15, 0.2) is 12.1 Å². The van der Waals surface area contributed by atoms with Gasteiger partial charge in [-0.25, -0.2) is 0 Å². The summed E-state index contributed by atoms with van der Waals surface area (Å²) in [7, 11) is 0. The molecule has 0 aromatic heterocycles. The first-order valence-electron chi connectivity index (χ1n) is 5.32. The van der Waals surface area contributed by atoms with Crippen LogP contribution in [0.1, 0.15) is 35.1 Å². The van der Waals surface area contributed by atoms with Crippen LogP contribution in [0.2, 0.25) is 0 Å². The van der Waals surface area contributed by atoms with Crippen molar-refractivity contribution < 1.29 is 0 Å². The summed E-state index contributed by atoms with van der Waals surface area (Å²) in [5.74, 6) is 0. The summed E-state index contributed by atoms with van der Waals surface area (Å²) >= 11 is 0. The zero-order chi connectivity index (χ0) is 10.6. The maximum atomic E-state index is 8.73. The fraction of sp³-hybridized carbons (Fsp3) is 0.538. The summed E-state index contributed by atoms with van der Waals surface area (Å²) in [4.78, 5) is 0. The third-order valence-electron chi connectivity index (χ3n) is 2.68. The SMILES string of the molecule is Cc1cc(C)c(CCCC[N])c(C)c1. The van der Waals surface area contributed by atoms with Crippen molar-refractivity contribution in [3.05, 3.63) is 34.4 Å². The van der Waals surface area contributed by atoms with Gasteiger partial charge in [-0.3, -0.25) is 0 Å². The van der Waals surface area contributed by atoms with Crippen molar-refractivity contribution in [1.29, 1.82) is 0 Å². The highest BCUT2D eigenvalue weighted by Crippen LogP contribution is 2.18. The fourth-order valence-electron chi connectivity index (χ4n) is 2.02. The Balaban J connectivity index is 2.75. The number of benzene rings is 1.